The third kappa shape index (κ3) is 5.44. The maximum atomic E-state index is 14.1. The van der Waals surface area contributed by atoms with Gasteiger partial charge in [0.05, 0.1) is 19.3 Å². The minimum absolute atomic E-state index is 0.160. The van der Waals surface area contributed by atoms with E-state index in [-0.39, 0.29) is 23.7 Å². The number of rotatable bonds is 7. The average Bonchev–Trinajstić information content (AvgIpc) is 3.34. The lowest BCUT2D eigenvalue weighted by Crippen LogP contribution is -2.42. The van der Waals surface area contributed by atoms with Gasteiger partial charge in [0.2, 0.25) is 0 Å². The Morgan fingerprint density at radius 2 is 2.28 bits per heavy atom. The van der Waals surface area contributed by atoms with Gasteiger partial charge in [-0.2, -0.15) is 0 Å². The SMILES string of the molecule is COc1ccc(C(C)NC(=NCc2nnc(C)n2C)NCC2CCCO2)cc1F. The first-order chi connectivity index (χ1) is 14.0. The zero-order valence-corrected chi connectivity index (χ0v) is 17.4. The number of aromatic nitrogens is 3. The van der Waals surface area contributed by atoms with Gasteiger partial charge in [-0.25, -0.2) is 9.38 Å². The molecule has 0 saturated carbocycles. The zero-order chi connectivity index (χ0) is 20.8. The molecule has 0 bridgehead atoms. The van der Waals surface area contributed by atoms with Crippen molar-refractivity contribution in [2.45, 2.75) is 45.4 Å². The Bertz CT molecular complexity index is 847. The summed E-state index contributed by atoms with van der Waals surface area (Å²) in [5, 5.41) is 14.9. The summed E-state index contributed by atoms with van der Waals surface area (Å²) in [4.78, 5) is 4.65. The molecule has 2 atom stereocenters. The number of aryl methyl sites for hydroxylation is 1. The predicted molar refractivity (Wildman–Crippen MR) is 108 cm³/mol. The summed E-state index contributed by atoms with van der Waals surface area (Å²) >= 11 is 0. The van der Waals surface area contributed by atoms with E-state index in [0.717, 1.165) is 36.7 Å². The van der Waals surface area contributed by atoms with Crippen molar-refractivity contribution in [1.82, 2.24) is 25.4 Å². The minimum Gasteiger partial charge on any atom is -0.494 e. The monoisotopic (exact) mass is 404 g/mol. The maximum Gasteiger partial charge on any atom is 0.192 e. The van der Waals surface area contributed by atoms with Crippen molar-refractivity contribution < 1.29 is 13.9 Å². The van der Waals surface area contributed by atoms with Crippen molar-refractivity contribution in [1.29, 1.82) is 0 Å². The number of halogens is 1. The molecule has 1 aromatic carbocycles. The number of nitrogens with zero attached hydrogens (tertiary/aromatic N) is 4. The van der Waals surface area contributed by atoms with Gasteiger partial charge in [0, 0.05) is 20.2 Å². The molecule has 0 spiro atoms. The van der Waals surface area contributed by atoms with E-state index in [9.17, 15) is 4.39 Å². The predicted octanol–water partition coefficient (Wildman–Crippen LogP) is 2.25. The zero-order valence-electron chi connectivity index (χ0n) is 17.4. The molecule has 2 N–H and O–H groups in total. The molecule has 1 aliphatic rings. The van der Waals surface area contributed by atoms with Gasteiger partial charge in [-0.1, -0.05) is 6.07 Å². The number of aliphatic imine (C=N–C) groups is 1. The van der Waals surface area contributed by atoms with Gasteiger partial charge in [0.15, 0.2) is 23.4 Å². The largest absolute Gasteiger partial charge is 0.494 e. The highest BCUT2D eigenvalue weighted by atomic mass is 19.1. The number of benzene rings is 1. The lowest BCUT2D eigenvalue weighted by atomic mass is 10.1. The van der Waals surface area contributed by atoms with Crippen molar-refractivity contribution in [2.24, 2.45) is 12.0 Å². The quantitative estimate of drug-likeness (QED) is 0.544. The molecule has 3 rings (SSSR count). The molecule has 0 amide bonds. The molecule has 2 heterocycles. The molecule has 8 nitrogen and oxygen atoms in total. The highest BCUT2D eigenvalue weighted by Crippen LogP contribution is 2.21. The van der Waals surface area contributed by atoms with Gasteiger partial charge in [-0.15, -0.1) is 10.2 Å². The van der Waals surface area contributed by atoms with E-state index >= 15 is 0 Å². The molecule has 29 heavy (non-hydrogen) atoms. The highest BCUT2D eigenvalue weighted by Gasteiger charge is 2.17. The van der Waals surface area contributed by atoms with E-state index in [1.165, 1.54) is 13.2 Å². The standard InChI is InChI=1S/C20H29FN6O2/c1-13(15-7-8-18(28-4)17(21)10-15)24-20(22-11-16-6-5-9-29-16)23-12-19-26-25-14(2)27(19)3/h7-8,10,13,16H,5-6,9,11-12H2,1-4H3,(H2,22,23,24). The summed E-state index contributed by atoms with van der Waals surface area (Å²) in [5.74, 6) is 2.05. The summed E-state index contributed by atoms with van der Waals surface area (Å²) in [6.45, 7) is 5.69. The highest BCUT2D eigenvalue weighted by molar-refractivity contribution is 5.80. The first kappa shape index (κ1) is 21.0. The van der Waals surface area contributed by atoms with Crippen LogP contribution >= 0.6 is 0 Å². The third-order valence-electron chi connectivity index (χ3n) is 5.11. The first-order valence-electron chi connectivity index (χ1n) is 9.82. The second-order valence-corrected chi connectivity index (χ2v) is 7.16. The van der Waals surface area contributed by atoms with E-state index in [4.69, 9.17) is 9.47 Å². The summed E-state index contributed by atoms with van der Waals surface area (Å²) in [6, 6.07) is 4.78. The summed E-state index contributed by atoms with van der Waals surface area (Å²) in [5.41, 5.74) is 0.796. The molecule has 158 valence electrons. The van der Waals surface area contributed by atoms with Gasteiger partial charge in [-0.05, 0) is 44.4 Å². The number of methoxy groups -OCH3 is 1. The fourth-order valence-electron chi connectivity index (χ4n) is 3.15. The normalized spacial score (nSPS) is 18.0. The van der Waals surface area contributed by atoms with Crippen LogP contribution in [-0.2, 0) is 18.3 Å². The first-order valence-corrected chi connectivity index (χ1v) is 9.82. The van der Waals surface area contributed by atoms with E-state index in [1.807, 2.05) is 31.5 Å². The topological polar surface area (TPSA) is 85.6 Å². The van der Waals surface area contributed by atoms with E-state index < -0.39 is 0 Å². The van der Waals surface area contributed by atoms with Crippen molar-refractivity contribution in [3.8, 4) is 5.75 Å². The third-order valence-corrected chi connectivity index (χ3v) is 5.11. The molecule has 0 aliphatic carbocycles. The molecule has 0 radical (unpaired) electrons. The van der Waals surface area contributed by atoms with Gasteiger partial charge in [0.25, 0.3) is 0 Å². The number of nitrogens with one attached hydrogen (secondary N) is 2. The molecule has 1 aromatic heterocycles. The molecular weight excluding hydrogens is 375 g/mol. The second-order valence-electron chi connectivity index (χ2n) is 7.16. The molecule has 1 aliphatic heterocycles. The van der Waals surface area contributed by atoms with Crippen LogP contribution < -0.4 is 15.4 Å². The molecule has 2 unspecified atom stereocenters. The van der Waals surface area contributed by atoms with E-state index in [1.54, 1.807) is 6.07 Å². The number of ether oxygens (including phenoxy) is 2. The average molecular weight is 404 g/mol. The Morgan fingerprint density at radius 3 is 2.90 bits per heavy atom. The van der Waals surface area contributed by atoms with Crippen LogP contribution in [0.25, 0.3) is 0 Å². The van der Waals surface area contributed by atoms with Crippen molar-refractivity contribution in [2.75, 3.05) is 20.3 Å². The fourth-order valence-corrected chi connectivity index (χ4v) is 3.15. The fraction of sp³-hybridized carbons (Fsp3) is 0.550. The molecule has 9 heteroatoms. The van der Waals surface area contributed by atoms with Crippen molar-refractivity contribution in [3.05, 3.63) is 41.2 Å². The van der Waals surface area contributed by atoms with Crippen LogP contribution in [-0.4, -0.2) is 47.1 Å². The lowest BCUT2D eigenvalue weighted by Gasteiger charge is -2.20. The van der Waals surface area contributed by atoms with Crippen LogP contribution in [0, 0.1) is 12.7 Å². The van der Waals surface area contributed by atoms with Crippen molar-refractivity contribution >= 4 is 5.96 Å². The molecule has 1 saturated heterocycles. The van der Waals surface area contributed by atoms with Gasteiger partial charge in [-0.3, -0.25) is 0 Å². The van der Waals surface area contributed by atoms with E-state index in [2.05, 4.69) is 25.8 Å². The maximum absolute atomic E-state index is 14.1. The van der Waals surface area contributed by atoms with Crippen molar-refractivity contribution in [3.63, 3.8) is 0 Å². The van der Waals surface area contributed by atoms with Crippen LogP contribution in [0.3, 0.4) is 0 Å². The van der Waals surface area contributed by atoms with Gasteiger partial charge in [0.1, 0.15) is 12.4 Å². The molecule has 2 aromatic rings. The summed E-state index contributed by atoms with van der Waals surface area (Å²) < 4.78 is 26.7. The van der Waals surface area contributed by atoms with Crippen LogP contribution in [0.1, 0.15) is 43.0 Å². The molecule has 1 fully saturated rings. The summed E-state index contributed by atoms with van der Waals surface area (Å²) in [6.07, 6.45) is 2.28. The van der Waals surface area contributed by atoms with Gasteiger partial charge < -0.3 is 24.7 Å². The van der Waals surface area contributed by atoms with Crippen LogP contribution in [0.4, 0.5) is 4.39 Å². The Balaban J connectivity index is 1.71. The number of guanidine groups is 1. The Kier molecular flexibility index (Phi) is 7.03. The van der Waals surface area contributed by atoms with Crippen LogP contribution in [0.2, 0.25) is 0 Å². The minimum atomic E-state index is -0.390. The Labute approximate surface area is 170 Å². The van der Waals surface area contributed by atoms with Crippen LogP contribution in [0.5, 0.6) is 5.75 Å². The summed E-state index contributed by atoms with van der Waals surface area (Å²) in [7, 11) is 3.36. The number of hydrogen-bond acceptors (Lipinski definition) is 5. The van der Waals surface area contributed by atoms with Crippen LogP contribution in [0.15, 0.2) is 23.2 Å². The molecular formula is C20H29FN6O2. The lowest BCUT2D eigenvalue weighted by molar-refractivity contribution is 0.113. The second kappa shape index (κ2) is 9.69. The Hall–Kier alpha value is -2.68. The smallest absolute Gasteiger partial charge is 0.192 e. The van der Waals surface area contributed by atoms with E-state index in [0.29, 0.717) is 19.0 Å². The number of hydrogen-bond donors (Lipinski definition) is 2. The van der Waals surface area contributed by atoms with Gasteiger partial charge >= 0.3 is 0 Å². The Morgan fingerprint density at radius 1 is 1.45 bits per heavy atom.